The summed E-state index contributed by atoms with van der Waals surface area (Å²) in [5.41, 5.74) is 7.40. The fourth-order valence-electron chi connectivity index (χ4n) is 5.55. The predicted octanol–water partition coefficient (Wildman–Crippen LogP) is 4.45. The van der Waals surface area contributed by atoms with E-state index in [0.29, 0.717) is 34.3 Å². The average molecular weight is 483 g/mol. The van der Waals surface area contributed by atoms with Crippen molar-refractivity contribution in [2.45, 2.75) is 51.0 Å². The number of nitrogens with zero attached hydrogens (tertiary/aromatic N) is 4. The standard InChI is InChI=1S/C26H35ClN6O/c1-4-30-24(23(28)29-3)33-16-19(22-20(27)9-8-10-21(22)33)25(34)31-17-26(12-6-5-7-13-26)32-14-11-18(2)15-32/h4,8-10,16,18H,1,5-7,11-15,17H2,2-3H3,(H2,28,29)(H,31,34)/t18-/m1/s1. The molecule has 2 fully saturated rings. The molecule has 1 atom stereocenters. The number of amidine groups is 1. The van der Waals surface area contributed by atoms with Crippen LogP contribution in [-0.2, 0) is 0 Å². The number of carbonyl (C=O) groups excluding carboxylic acids is 1. The number of aromatic nitrogens is 1. The number of nitrogens with two attached hydrogens (primary N) is 1. The lowest BCUT2D eigenvalue weighted by Crippen LogP contribution is -2.56. The van der Waals surface area contributed by atoms with Crippen LogP contribution in [0.1, 0.15) is 55.8 Å². The summed E-state index contributed by atoms with van der Waals surface area (Å²) in [5.74, 6) is 1.21. The maximum atomic E-state index is 13.6. The molecule has 3 N–H and O–H groups in total. The van der Waals surface area contributed by atoms with Gasteiger partial charge in [-0.05, 0) is 43.9 Å². The number of aliphatic imine (C=N–C) groups is 2. The second kappa shape index (κ2) is 10.3. The lowest BCUT2D eigenvalue weighted by atomic mass is 9.80. The Labute approximate surface area is 206 Å². The summed E-state index contributed by atoms with van der Waals surface area (Å²) in [6.45, 7) is 8.87. The largest absolute Gasteiger partial charge is 0.381 e. The molecule has 1 amide bonds. The highest BCUT2D eigenvalue weighted by molar-refractivity contribution is 6.43. The molecule has 4 rings (SSSR count). The first kappa shape index (κ1) is 24.5. The third kappa shape index (κ3) is 4.64. The molecule has 0 unspecified atom stereocenters. The Kier molecular flexibility index (Phi) is 7.43. The molecule has 7 nitrogen and oxygen atoms in total. The molecule has 0 radical (unpaired) electrons. The summed E-state index contributed by atoms with van der Waals surface area (Å²) < 4.78 is 1.76. The lowest BCUT2D eigenvalue weighted by molar-refractivity contribution is 0.0631. The van der Waals surface area contributed by atoms with Gasteiger partial charge in [0.15, 0.2) is 11.7 Å². The van der Waals surface area contributed by atoms with Gasteiger partial charge in [-0.25, -0.2) is 4.99 Å². The van der Waals surface area contributed by atoms with E-state index in [4.69, 9.17) is 17.3 Å². The van der Waals surface area contributed by atoms with E-state index < -0.39 is 0 Å². The van der Waals surface area contributed by atoms with Crippen molar-refractivity contribution in [2.75, 3.05) is 26.7 Å². The number of rotatable bonds is 5. The van der Waals surface area contributed by atoms with Crippen LogP contribution in [0.3, 0.4) is 0 Å². The number of amides is 1. The van der Waals surface area contributed by atoms with Crippen LogP contribution in [0.2, 0.25) is 5.02 Å². The van der Waals surface area contributed by atoms with Gasteiger partial charge in [-0.15, -0.1) is 0 Å². The van der Waals surface area contributed by atoms with Gasteiger partial charge in [0.2, 0.25) is 0 Å². The summed E-state index contributed by atoms with van der Waals surface area (Å²) >= 11 is 6.59. The van der Waals surface area contributed by atoms with Gasteiger partial charge in [-0.3, -0.25) is 19.3 Å². The van der Waals surface area contributed by atoms with Crippen LogP contribution in [-0.4, -0.2) is 59.3 Å². The quantitative estimate of drug-likeness (QED) is 0.487. The van der Waals surface area contributed by atoms with Gasteiger partial charge in [0.1, 0.15) is 0 Å². The third-order valence-corrected chi connectivity index (χ3v) is 7.71. The van der Waals surface area contributed by atoms with Gasteiger partial charge in [0.05, 0.1) is 16.1 Å². The normalized spacial score (nSPS) is 21.7. The van der Waals surface area contributed by atoms with Gasteiger partial charge in [0, 0.05) is 43.5 Å². The summed E-state index contributed by atoms with van der Waals surface area (Å²) in [5, 5.41) is 4.46. The van der Waals surface area contributed by atoms with E-state index in [9.17, 15) is 4.79 Å². The zero-order valence-electron chi connectivity index (χ0n) is 20.2. The van der Waals surface area contributed by atoms with Crippen LogP contribution in [0.25, 0.3) is 10.9 Å². The number of nitrogens with one attached hydrogen (secondary N) is 1. The van der Waals surface area contributed by atoms with Gasteiger partial charge in [0.25, 0.3) is 5.91 Å². The van der Waals surface area contributed by atoms with Gasteiger partial charge in [-0.1, -0.05) is 50.4 Å². The second-order valence-electron chi connectivity index (χ2n) is 9.60. The number of halogens is 1. The monoisotopic (exact) mass is 482 g/mol. The topological polar surface area (TPSA) is 88.0 Å². The van der Waals surface area contributed by atoms with Crippen LogP contribution < -0.4 is 11.1 Å². The number of benzene rings is 1. The lowest BCUT2D eigenvalue weighted by Gasteiger charge is -2.45. The van der Waals surface area contributed by atoms with Crippen LogP contribution in [0.15, 0.2) is 47.2 Å². The Morgan fingerprint density at radius 2 is 2.12 bits per heavy atom. The van der Waals surface area contributed by atoms with Crippen LogP contribution in [0.5, 0.6) is 0 Å². The molecule has 1 aromatic heterocycles. The molecule has 0 spiro atoms. The molecule has 2 aromatic rings. The fourth-order valence-corrected chi connectivity index (χ4v) is 5.82. The minimum Gasteiger partial charge on any atom is -0.381 e. The first-order valence-corrected chi connectivity index (χ1v) is 12.5. The maximum Gasteiger partial charge on any atom is 0.253 e. The molecule has 34 heavy (non-hydrogen) atoms. The number of fused-ring (bicyclic) bond motifs is 1. The predicted molar refractivity (Wildman–Crippen MR) is 141 cm³/mol. The van der Waals surface area contributed by atoms with Gasteiger partial charge in [-0.2, -0.15) is 0 Å². The van der Waals surface area contributed by atoms with Crippen LogP contribution >= 0.6 is 11.6 Å². The summed E-state index contributed by atoms with van der Waals surface area (Å²) in [7, 11) is 1.60. The third-order valence-electron chi connectivity index (χ3n) is 7.39. The number of likely N-dealkylation sites (tertiary alicyclic amines) is 1. The molecule has 182 valence electrons. The summed E-state index contributed by atoms with van der Waals surface area (Å²) in [6.07, 6.45) is 10.3. The zero-order chi connectivity index (χ0) is 24.3. The molecule has 0 bridgehead atoms. The molecule has 2 heterocycles. The summed E-state index contributed by atoms with van der Waals surface area (Å²) in [4.78, 5) is 24.6. The van der Waals surface area contributed by atoms with E-state index >= 15 is 0 Å². The van der Waals surface area contributed by atoms with Crippen molar-refractivity contribution in [3.63, 3.8) is 0 Å². The highest BCUT2D eigenvalue weighted by Gasteiger charge is 2.41. The fraction of sp³-hybridized carbons (Fsp3) is 0.500. The van der Waals surface area contributed by atoms with Crippen molar-refractivity contribution in [3.8, 4) is 0 Å². The van der Waals surface area contributed by atoms with Gasteiger partial charge >= 0.3 is 0 Å². The molecular formula is C26H35ClN6O. The SMILES string of the molecule is C=CN=C(C(N)=NC)n1cc(C(=O)NCC2(N3CC[C@@H](C)C3)CCCCC2)c2c(Cl)cccc21. The summed E-state index contributed by atoms with van der Waals surface area (Å²) in [6, 6.07) is 5.54. The Morgan fingerprint density at radius 1 is 1.35 bits per heavy atom. The molecular weight excluding hydrogens is 448 g/mol. The van der Waals surface area contributed by atoms with E-state index in [1.165, 1.54) is 31.9 Å². The van der Waals surface area contributed by atoms with Crippen LogP contribution in [0.4, 0.5) is 0 Å². The number of carbonyl (C=O) groups is 1. The molecule has 8 heteroatoms. The van der Waals surface area contributed by atoms with Gasteiger partial charge < -0.3 is 11.1 Å². The highest BCUT2D eigenvalue weighted by Crippen LogP contribution is 2.37. The van der Waals surface area contributed by atoms with Crippen molar-refractivity contribution >= 4 is 40.1 Å². The Balaban J connectivity index is 1.67. The molecule has 1 saturated carbocycles. The van der Waals surface area contributed by atoms with Crippen molar-refractivity contribution in [2.24, 2.45) is 21.6 Å². The first-order valence-electron chi connectivity index (χ1n) is 12.1. The van der Waals surface area contributed by atoms with Crippen LogP contribution in [0, 0.1) is 5.92 Å². The van der Waals surface area contributed by atoms with Crippen molar-refractivity contribution in [3.05, 3.63) is 47.8 Å². The minimum absolute atomic E-state index is 0.0373. The van der Waals surface area contributed by atoms with E-state index in [1.807, 2.05) is 12.1 Å². The average Bonchev–Trinajstić information content (AvgIpc) is 3.46. The number of hydrogen-bond donors (Lipinski definition) is 2. The molecule has 1 aliphatic heterocycles. The van der Waals surface area contributed by atoms with E-state index in [1.54, 1.807) is 23.9 Å². The van der Waals surface area contributed by atoms with E-state index in [-0.39, 0.29) is 17.3 Å². The van der Waals surface area contributed by atoms with E-state index in [0.717, 1.165) is 31.4 Å². The van der Waals surface area contributed by atoms with Crippen molar-refractivity contribution in [1.29, 1.82) is 0 Å². The number of hydrogen-bond acceptors (Lipinski definition) is 4. The van der Waals surface area contributed by atoms with E-state index in [2.05, 4.69) is 33.7 Å². The zero-order valence-corrected chi connectivity index (χ0v) is 20.9. The van der Waals surface area contributed by atoms with Crippen molar-refractivity contribution in [1.82, 2.24) is 14.8 Å². The second-order valence-corrected chi connectivity index (χ2v) is 10.0. The molecule has 1 aliphatic carbocycles. The minimum atomic E-state index is -0.140. The Hall–Kier alpha value is -2.64. The first-order chi connectivity index (χ1) is 16.4. The Morgan fingerprint density at radius 3 is 2.76 bits per heavy atom. The molecule has 2 aliphatic rings. The smallest absolute Gasteiger partial charge is 0.253 e. The van der Waals surface area contributed by atoms with Crippen molar-refractivity contribution < 1.29 is 4.79 Å². The highest BCUT2D eigenvalue weighted by atomic mass is 35.5. The Bertz CT molecular complexity index is 1130. The molecule has 1 aromatic carbocycles. The maximum absolute atomic E-state index is 13.6. The molecule has 1 saturated heterocycles.